The summed E-state index contributed by atoms with van der Waals surface area (Å²) in [6.07, 6.45) is 12.1. The second-order valence-corrected chi connectivity index (χ2v) is 8.50. The average molecular weight is 363 g/mol. The van der Waals surface area contributed by atoms with Crippen LogP contribution in [-0.2, 0) is 11.3 Å². The maximum Gasteiger partial charge on any atom is 0.231 e. The van der Waals surface area contributed by atoms with E-state index in [1.54, 1.807) is 12.4 Å². The minimum atomic E-state index is -0.132. The highest BCUT2D eigenvalue weighted by atomic mass is 35.5. The highest BCUT2D eigenvalue weighted by Gasteiger charge is 2.53. The molecular weight excluding hydrogens is 336 g/mol. The topological polar surface area (TPSA) is 49.3 Å². The molecule has 0 unspecified atom stereocenters. The van der Waals surface area contributed by atoms with Crippen LogP contribution in [0.15, 0.2) is 12.4 Å². The van der Waals surface area contributed by atoms with Crippen molar-refractivity contribution in [1.82, 2.24) is 19.8 Å². The molecule has 5 nitrogen and oxygen atoms in total. The number of nitrogens with zero attached hydrogens (tertiary/aromatic N) is 4. The zero-order chi connectivity index (χ0) is 17.3. The van der Waals surface area contributed by atoms with Gasteiger partial charge < -0.3 is 4.90 Å². The SMILES string of the molecule is O=C1N(CC2CCCCC2)C[C@@]12CCCN(Cc1cnc(Cl)cn1)C2. The van der Waals surface area contributed by atoms with Gasteiger partial charge in [-0.2, -0.15) is 0 Å². The molecule has 2 aliphatic heterocycles. The van der Waals surface area contributed by atoms with Crippen molar-refractivity contribution in [2.75, 3.05) is 26.2 Å². The number of rotatable bonds is 4. The van der Waals surface area contributed by atoms with E-state index in [2.05, 4.69) is 19.8 Å². The van der Waals surface area contributed by atoms with Gasteiger partial charge in [0.25, 0.3) is 0 Å². The first kappa shape index (κ1) is 17.2. The lowest BCUT2D eigenvalue weighted by Gasteiger charge is -2.54. The summed E-state index contributed by atoms with van der Waals surface area (Å²) < 4.78 is 0. The van der Waals surface area contributed by atoms with Gasteiger partial charge in [-0.3, -0.25) is 14.7 Å². The molecule has 3 aliphatic rings. The van der Waals surface area contributed by atoms with Gasteiger partial charge in [0.15, 0.2) is 0 Å². The number of amides is 1. The predicted molar refractivity (Wildman–Crippen MR) is 97.1 cm³/mol. The normalized spacial score (nSPS) is 28.4. The molecule has 25 heavy (non-hydrogen) atoms. The van der Waals surface area contributed by atoms with Crippen LogP contribution in [0.5, 0.6) is 0 Å². The lowest BCUT2D eigenvalue weighted by atomic mass is 9.71. The number of hydrogen-bond donors (Lipinski definition) is 0. The van der Waals surface area contributed by atoms with E-state index in [0.29, 0.717) is 11.1 Å². The van der Waals surface area contributed by atoms with Crippen molar-refractivity contribution in [3.05, 3.63) is 23.2 Å². The molecule has 136 valence electrons. The van der Waals surface area contributed by atoms with Crippen LogP contribution in [0.1, 0.15) is 50.6 Å². The molecule has 0 bridgehead atoms. The van der Waals surface area contributed by atoms with Crippen molar-refractivity contribution in [1.29, 1.82) is 0 Å². The van der Waals surface area contributed by atoms with Gasteiger partial charge in [0.05, 0.1) is 23.5 Å². The zero-order valence-electron chi connectivity index (χ0n) is 14.8. The Labute approximate surface area is 154 Å². The standard InChI is InChI=1S/C19H27ClN4O/c20-17-10-21-16(9-22-17)12-23-8-4-7-19(13-23)14-24(18(19)25)11-15-5-2-1-3-6-15/h9-10,15H,1-8,11-14H2/t19-/m0/s1. The van der Waals surface area contributed by atoms with Crippen molar-refractivity contribution in [3.8, 4) is 0 Å². The Morgan fingerprint density at radius 3 is 2.68 bits per heavy atom. The fourth-order valence-electron chi connectivity index (χ4n) is 4.89. The van der Waals surface area contributed by atoms with Gasteiger partial charge in [-0.05, 0) is 38.1 Å². The Hall–Kier alpha value is -1.20. The van der Waals surface area contributed by atoms with Crippen LogP contribution in [0.2, 0.25) is 5.15 Å². The van der Waals surface area contributed by atoms with Gasteiger partial charge >= 0.3 is 0 Å². The number of carbonyl (C=O) groups is 1. The number of halogens is 1. The van der Waals surface area contributed by atoms with Crippen LogP contribution in [0.25, 0.3) is 0 Å². The summed E-state index contributed by atoms with van der Waals surface area (Å²) in [5.41, 5.74) is 0.791. The summed E-state index contributed by atoms with van der Waals surface area (Å²) in [5.74, 6) is 1.13. The highest BCUT2D eigenvalue weighted by molar-refractivity contribution is 6.29. The van der Waals surface area contributed by atoms with Crippen molar-refractivity contribution in [3.63, 3.8) is 0 Å². The second kappa shape index (κ2) is 7.20. The minimum absolute atomic E-state index is 0.132. The second-order valence-electron chi connectivity index (χ2n) is 8.11. The van der Waals surface area contributed by atoms with Gasteiger partial charge in [-0.15, -0.1) is 0 Å². The van der Waals surface area contributed by atoms with Crippen molar-refractivity contribution >= 4 is 17.5 Å². The van der Waals surface area contributed by atoms with Crippen LogP contribution < -0.4 is 0 Å². The first-order valence-electron chi connectivity index (χ1n) is 9.63. The Morgan fingerprint density at radius 1 is 1.12 bits per heavy atom. The Bertz CT molecular complexity index is 616. The molecule has 1 aromatic rings. The van der Waals surface area contributed by atoms with E-state index in [-0.39, 0.29) is 5.41 Å². The Morgan fingerprint density at radius 2 is 1.96 bits per heavy atom. The summed E-state index contributed by atoms with van der Waals surface area (Å²) in [7, 11) is 0. The third-order valence-corrected chi connectivity index (χ3v) is 6.35. The lowest BCUT2D eigenvalue weighted by Crippen LogP contribution is -2.67. The zero-order valence-corrected chi connectivity index (χ0v) is 15.5. The molecule has 1 saturated carbocycles. The smallest absolute Gasteiger partial charge is 0.231 e. The fraction of sp³-hybridized carbons (Fsp3) is 0.737. The summed E-state index contributed by atoms with van der Waals surface area (Å²) in [6.45, 7) is 4.58. The van der Waals surface area contributed by atoms with Gasteiger partial charge in [0.1, 0.15) is 5.15 Å². The van der Waals surface area contributed by atoms with Crippen molar-refractivity contribution in [2.24, 2.45) is 11.3 Å². The molecule has 1 amide bonds. The summed E-state index contributed by atoms with van der Waals surface area (Å²) >= 11 is 5.81. The Kier molecular flexibility index (Phi) is 4.96. The van der Waals surface area contributed by atoms with Gasteiger partial charge in [-0.1, -0.05) is 30.9 Å². The highest BCUT2D eigenvalue weighted by Crippen LogP contribution is 2.41. The number of aromatic nitrogens is 2. The quantitative estimate of drug-likeness (QED) is 0.772. The molecule has 3 heterocycles. The summed E-state index contributed by atoms with van der Waals surface area (Å²) in [6, 6.07) is 0. The molecule has 1 aromatic heterocycles. The molecular formula is C19H27ClN4O. The molecule has 3 fully saturated rings. The van der Waals surface area contributed by atoms with Crippen molar-refractivity contribution in [2.45, 2.75) is 51.5 Å². The van der Waals surface area contributed by atoms with Gasteiger partial charge in [-0.25, -0.2) is 4.98 Å². The van der Waals surface area contributed by atoms with Crippen LogP contribution >= 0.6 is 11.6 Å². The first-order valence-corrected chi connectivity index (χ1v) is 10.0. The first-order chi connectivity index (χ1) is 12.1. The van der Waals surface area contributed by atoms with Crippen LogP contribution in [-0.4, -0.2) is 51.9 Å². The van der Waals surface area contributed by atoms with E-state index in [9.17, 15) is 4.79 Å². The molecule has 6 heteroatoms. The number of carbonyl (C=O) groups excluding carboxylic acids is 1. The van der Waals surface area contributed by atoms with E-state index in [4.69, 9.17) is 11.6 Å². The summed E-state index contributed by atoms with van der Waals surface area (Å²) in [5, 5.41) is 0.423. The van der Waals surface area contributed by atoms with Crippen molar-refractivity contribution < 1.29 is 4.79 Å². The number of likely N-dealkylation sites (tertiary alicyclic amines) is 2. The molecule has 0 aromatic carbocycles. The van der Waals surface area contributed by atoms with Crippen LogP contribution in [0.4, 0.5) is 0 Å². The van der Waals surface area contributed by atoms with Gasteiger partial charge in [0.2, 0.25) is 5.91 Å². The monoisotopic (exact) mass is 362 g/mol. The maximum atomic E-state index is 12.9. The third kappa shape index (κ3) is 3.68. The molecule has 1 aliphatic carbocycles. The largest absolute Gasteiger partial charge is 0.341 e. The van der Waals surface area contributed by atoms with E-state index >= 15 is 0 Å². The molecule has 4 rings (SSSR count). The number of hydrogen-bond acceptors (Lipinski definition) is 4. The molecule has 1 spiro atoms. The van der Waals surface area contributed by atoms with E-state index in [1.165, 1.54) is 32.1 Å². The lowest BCUT2D eigenvalue weighted by molar-refractivity contribution is -0.167. The van der Waals surface area contributed by atoms with Crippen LogP contribution in [0.3, 0.4) is 0 Å². The van der Waals surface area contributed by atoms with Gasteiger partial charge in [0, 0.05) is 26.2 Å². The van der Waals surface area contributed by atoms with E-state index in [1.807, 2.05) is 0 Å². The molecule has 1 atom stereocenters. The minimum Gasteiger partial charge on any atom is -0.341 e. The van der Waals surface area contributed by atoms with Crippen LogP contribution in [0, 0.1) is 11.3 Å². The maximum absolute atomic E-state index is 12.9. The Balaban J connectivity index is 1.33. The fourth-order valence-corrected chi connectivity index (χ4v) is 4.99. The average Bonchev–Trinajstić information content (AvgIpc) is 2.64. The third-order valence-electron chi connectivity index (χ3n) is 6.15. The number of β-lactam (4-membered cyclic amide) rings is 1. The molecule has 0 N–H and O–H groups in total. The molecule has 2 saturated heterocycles. The number of piperidine rings is 1. The predicted octanol–water partition coefficient (Wildman–Crippen LogP) is 3.13. The van der Waals surface area contributed by atoms with E-state index < -0.39 is 0 Å². The molecule has 0 radical (unpaired) electrons. The summed E-state index contributed by atoms with van der Waals surface area (Å²) in [4.78, 5) is 25.8. The van der Waals surface area contributed by atoms with E-state index in [0.717, 1.165) is 57.2 Å².